The lowest BCUT2D eigenvalue weighted by atomic mass is 10.1. The van der Waals surface area contributed by atoms with Crippen LogP contribution in [0.5, 0.6) is 0 Å². The maximum Gasteiger partial charge on any atom is 0.242 e. The predicted octanol–water partition coefficient (Wildman–Crippen LogP) is 4.89. The fourth-order valence-electron chi connectivity index (χ4n) is 3.23. The SMILES string of the molecule is Cc1ccc(C)c(NC(=O)[C@@H](Sc2nnc(-c3ccc(F)cc3)n2N)c2ccccc2)c1. The lowest BCUT2D eigenvalue weighted by Gasteiger charge is -2.17. The Hall–Kier alpha value is -3.65. The third-order valence-corrected chi connectivity index (χ3v) is 6.19. The molecule has 6 nitrogen and oxygen atoms in total. The van der Waals surface area contributed by atoms with Crippen LogP contribution < -0.4 is 11.2 Å². The Morgan fingerprint density at radius 3 is 2.47 bits per heavy atom. The first-order valence-electron chi connectivity index (χ1n) is 9.98. The molecule has 0 bridgehead atoms. The Kier molecular flexibility index (Phi) is 6.23. The normalized spacial score (nSPS) is 11.8. The number of carbonyl (C=O) groups excluding carboxylic acids is 1. The lowest BCUT2D eigenvalue weighted by molar-refractivity contribution is -0.115. The second-order valence-electron chi connectivity index (χ2n) is 7.40. The molecule has 0 fully saturated rings. The van der Waals surface area contributed by atoms with Crippen LogP contribution in [0.3, 0.4) is 0 Å². The van der Waals surface area contributed by atoms with Gasteiger partial charge in [-0.25, -0.2) is 9.07 Å². The number of nitrogens with one attached hydrogen (secondary N) is 1. The number of hydrogen-bond donors (Lipinski definition) is 2. The number of aromatic nitrogens is 3. The van der Waals surface area contributed by atoms with Crippen LogP contribution in [-0.4, -0.2) is 20.8 Å². The molecule has 0 aliphatic carbocycles. The van der Waals surface area contributed by atoms with Crippen molar-refractivity contribution < 1.29 is 9.18 Å². The predicted molar refractivity (Wildman–Crippen MR) is 125 cm³/mol. The zero-order valence-electron chi connectivity index (χ0n) is 17.6. The first-order chi connectivity index (χ1) is 15.4. The fraction of sp³-hybridized carbons (Fsp3) is 0.125. The van der Waals surface area contributed by atoms with E-state index in [1.54, 1.807) is 12.1 Å². The molecule has 0 aliphatic heterocycles. The molecule has 0 saturated carbocycles. The minimum Gasteiger partial charge on any atom is -0.335 e. The van der Waals surface area contributed by atoms with Gasteiger partial charge in [0.25, 0.3) is 0 Å². The summed E-state index contributed by atoms with van der Waals surface area (Å²) >= 11 is 1.20. The molecule has 4 rings (SSSR count). The number of carbonyl (C=O) groups is 1. The highest BCUT2D eigenvalue weighted by Gasteiger charge is 2.26. The molecule has 8 heteroatoms. The van der Waals surface area contributed by atoms with Gasteiger partial charge in [0.2, 0.25) is 11.1 Å². The topological polar surface area (TPSA) is 85.8 Å². The maximum absolute atomic E-state index is 13.3. The van der Waals surface area contributed by atoms with E-state index in [2.05, 4.69) is 15.5 Å². The van der Waals surface area contributed by atoms with Gasteiger partial charge in [-0.3, -0.25) is 4.79 Å². The summed E-state index contributed by atoms with van der Waals surface area (Å²) in [5.74, 6) is 6.08. The van der Waals surface area contributed by atoms with Gasteiger partial charge in [0, 0.05) is 11.3 Å². The minimum atomic E-state index is -0.608. The Labute approximate surface area is 189 Å². The lowest BCUT2D eigenvalue weighted by Crippen LogP contribution is -2.21. The smallest absolute Gasteiger partial charge is 0.242 e. The number of hydrogen-bond acceptors (Lipinski definition) is 5. The third-order valence-electron chi connectivity index (χ3n) is 4.98. The molecule has 0 radical (unpaired) electrons. The molecule has 3 aromatic carbocycles. The summed E-state index contributed by atoms with van der Waals surface area (Å²) in [6.45, 7) is 3.93. The van der Waals surface area contributed by atoms with Crippen LogP contribution in [0.1, 0.15) is 21.9 Å². The van der Waals surface area contributed by atoms with E-state index in [1.165, 1.54) is 28.6 Å². The summed E-state index contributed by atoms with van der Waals surface area (Å²) in [7, 11) is 0. The molecular weight excluding hydrogens is 425 g/mol. The first kappa shape index (κ1) is 21.6. The first-order valence-corrected chi connectivity index (χ1v) is 10.9. The van der Waals surface area contributed by atoms with Gasteiger partial charge in [-0.2, -0.15) is 0 Å². The van der Waals surface area contributed by atoms with Crippen LogP contribution >= 0.6 is 11.8 Å². The van der Waals surface area contributed by atoms with Crippen molar-refractivity contribution in [3.63, 3.8) is 0 Å². The highest BCUT2D eigenvalue weighted by molar-refractivity contribution is 8.00. The molecule has 162 valence electrons. The van der Waals surface area contributed by atoms with Gasteiger partial charge in [0.1, 0.15) is 11.1 Å². The van der Waals surface area contributed by atoms with Gasteiger partial charge < -0.3 is 11.2 Å². The molecule has 4 aromatic rings. The number of benzene rings is 3. The number of thioether (sulfide) groups is 1. The highest BCUT2D eigenvalue weighted by atomic mass is 32.2. The number of nitrogens with two attached hydrogens (primary N) is 1. The van der Waals surface area contributed by atoms with Crippen LogP contribution in [-0.2, 0) is 4.79 Å². The van der Waals surface area contributed by atoms with E-state index in [0.29, 0.717) is 16.5 Å². The molecule has 0 unspecified atom stereocenters. The van der Waals surface area contributed by atoms with Crippen molar-refractivity contribution in [2.45, 2.75) is 24.3 Å². The van der Waals surface area contributed by atoms with Gasteiger partial charge in [0.05, 0.1) is 0 Å². The van der Waals surface area contributed by atoms with Crippen molar-refractivity contribution >= 4 is 23.4 Å². The standard InChI is InChI=1S/C24H22FN5OS/c1-15-8-9-16(2)20(14-15)27-23(31)21(17-6-4-3-5-7-17)32-24-29-28-22(30(24)26)18-10-12-19(25)13-11-18/h3-14,21H,26H2,1-2H3,(H,27,31)/t21-/m0/s1. The average molecular weight is 448 g/mol. The number of rotatable bonds is 6. The highest BCUT2D eigenvalue weighted by Crippen LogP contribution is 2.36. The van der Waals surface area contributed by atoms with Gasteiger partial charge in [0.15, 0.2) is 5.82 Å². The number of nitrogen functional groups attached to an aromatic ring is 1. The Morgan fingerprint density at radius 1 is 1.03 bits per heavy atom. The monoisotopic (exact) mass is 447 g/mol. The third kappa shape index (κ3) is 4.65. The molecular formula is C24H22FN5OS. The van der Waals surface area contributed by atoms with Gasteiger partial charge in [-0.05, 0) is 60.9 Å². The number of nitrogens with zero attached hydrogens (tertiary/aromatic N) is 3. The zero-order valence-corrected chi connectivity index (χ0v) is 18.4. The van der Waals surface area contributed by atoms with Gasteiger partial charge in [-0.15, -0.1) is 10.2 Å². The van der Waals surface area contributed by atoms with Crippen molar-refractivity contribution in [2.75, 3.05) is 11.2 Å². The van der Waals surface area contributed by atoms with E-state index in [0.717, 1.165) is 22.4 Å². The summed E-state index contributed by atoms with van der Waals surface area (Å²) in [5, 5.41) is 11.1. The molecule has 0 saturated heterocycles. The number of aryl methyl sites for hydroxylation is 2. The zero-order chi connectivity index (χ0) is 22.7. The van der Waals surface area contributed by atoms with Crippen molar-refractivity contribution in [3.05, 3.63) is 95.3 Å². The molecule has 1 atom stereocenters. The van der Waals surface area contributed by atoms with Crippen LogP contribution in [0.4, 0.5) is 10.1 Å². The van der Waals surface area contributed by atoms with E-state index in [9.17, 15) is 9.18 Å². The molecule has 0 spiro atoms. The van der Waals surface area contributed by atoms with E-state index < -0.39 is 5.25 Å². The molecule has 1 heterocycles. The average Bonchev–Trinajstić information content (AvgIpc) is 3.15. The van der Waals surface area contributed by atoms with Crippen molar-refractivity contribution in [2.24, 2.45) is 0 Å². The number of anilines is 1. The summed E-state index contributed by atoms with van der Waals surface area (Å²) < 4.78 is 14.6. The number of halogens is 1. The van der Waals surface area contributed by atoms with Crippen LogP contribution in [0.15, 0.2) is 78.0 Å². The molecule has 0 aliphatic rings. The van der Waals surface area contributed by atoms with E-state index in [-0.39, 0.29) is 11.7 Å². The Bertz CT molecular complexity index is 1240. The molecule has 3 N–H and O–H groups in total. The van der Waals surface area contributed by atoms with Crippen molar-refractivity contribution in [3.8, 4) is 11.4 Å². The van der Waals surface area contributed by atoms with Crippen LogP contribution in [0.25, 0.3) is 11.4 Å². The van der Waals surface area contributed by atoms with E-state index in [1.807, 2.05) is 62.4 Å². The van der Waals surface area contributed by atoms with Gasteiger partial charge in [-0.1, -0.05) is 54.2 Å². The fourth-order valence-corrected chi connectivity index (χ4v) is 4.19. The summed E-state index contributed by atoms with van der Waals surface area (Å²) in [4.78, 5) is 13.3. The second-order valence-corrected chi connectivity index (χ2v) is 8.47. The van der Waals surface area contributed by atoms with E-state index >= 15 is 0 Å². The quantitative estimate of drug-likeness (QED) is 0.325. The van der Waals surface area contributed by atoms with Crippen LogP contribution in [0.2, 0.25) is 0 Å². The Morgan fingerprint density at radius 2 is 1.75 bits per heavy atom. The largest absolute Gasteiger partial charge is 0.335 e. The minimum absolute atomic E-state index is 0.193. The summed E-state index contributed by atoms with van der Waals surface area (Å²) in [5.41, 5.74) is 4.23. The van der Waals surface area contributed by atoms with Crippen LogP contribution in [0, 0.1) is 19.7 Å². The second kappa shape index (κ2) is 9.23. The number of amides is 1. The van der Waals surface area contributed by atoms with Crippen molar-refractivity contribution in [1.82, 2.24) is 14.9 Å². The molecule has 32 heavy (non-hydrogen) atoms. The summed E-state index contributed by atoms with van der Waals surface area (Å²) in [6, 6.07) is 21.2. The summed E-state index contributed by atoms with van der Waals surface area (Å²) in [6.07, 6.45) is 0. The molecule has 1 aromatic heterocycles. The Balaban J connectivity index is 1.64. The van der Waals surface area contributed by atoms with E-state index in [4.69, 9.17) is 5.84 Å². The van der Waals surface area contributed by atoms with Crippen molar-refractivity contribution in [1.29, 1.82) is 0 Å². The van der Waals surface area contributed by atoms with Gasteiger partial charge >= 0.3 is 0 Å². The molecule has 1 amide bonds. The maximum atomic E-state index is 13.3.